The molecule has 1 saturated carbocycles. The second kappa shape index (κ2) is 5.09. The monoisotopic (exact) mass is 262 g/mol. The van der Waals surface area contributed by atoms with E-state index < -0.39 is 5.91 Å². The highest BCUT2D eigenvalue weighted by molar-refractivity contribution is 5.99. The molecule has 0 aromatic heterocycles. The number of nitrogens with one attached hydrogen (secondary N) is 1. The molecule has 1 aromatic carbocycles. The minimum absolute atomic E-state index is 0.180. The maximum absolute atomic E-state index is 11.4. The van der Waals surface area contributed by atoms with Gasteiger partial charge in [-0.05, 0) is 51.6 Å². The van der Waals surface area contributed by atoms with Gasteiger partial charge in [-0.15, -0.1) is 0 Å². The van der Waals surface area contributed by atoms with Crippen molar-refractivity contribution in [1.82, 2.24) is 4.90 Å². The van der Waals surface area contributed by atoms with Crippen LogP contribution in [0.5, 0.6) is 0 Å². The van der Waals surface area contributed by atoms with Gasteiger partial charge in [0.1, 0.15) is 0 Å². The molecule has 0 aliphatic heterocycles. The average molecular weight is 262 g/mol. The van der Waals surface area contributed by atoms with Crippen LogP contribution in [0.15, 0.2) is 18.2 Å². The molecule has 0 spiro atoms. The Hall–Kier alpha value is -1.75. The van der Waals surface area contributed by atoms with Crippen molar-refractivity contribution in [1.29, 1.82) is 0 Å². The van der Waals surface area contributed by atoms with Crippen LogP contribution in [0.3, 0.4) is 0 Å². The Morgan fingerprint density at radius 1 is 1.42 bits per heavy atom. The van der Waals surface area contributed by atoms with Crippen LogP contribution in [0.1, 0.15) is 29.6 Å². The molecule has 1 aliphatic rings. The number of hydrogen-bond donors (Lipinski definition) is 3. The van der Waals surface area contributed by atoms with Crippen molar-refractivity contribution in [2.45, 2.75) is 24.8 Å². The molecule has 5 heteroatoms. The molecule has 5 nitrogen and oxygen atoms in total. The Labute approximate surface area is 113 Å². The SMILES string of the molecule is CN(C)C1(CNc2cc(N)ccc2C(N)=O)CCC1. The maximum atomic E-state index is 11.4. The average Bonchev–Trinajstić information content (AvgIpc) is 2.26. The second-order valence-corrected chi connectivity index (χ2v) is 5.50. The van der Waals surface area contributed by atoms with Crippen molar-refractivity contribution >= 4 is 17.3 Å². The van der Waals surface area contributed by atoms with E-state index >= 15 is 0 Å². The molecule has 19 heavy (non-hydrogen) atoms. The quantitative estimate of drug-likeness (QED) is 0.698. The van der Waals surface area contributed by atoms with Crippen LogP contribution >= 0.6 is 0 Å². The number of rotatable bonds is 5. The minimum Gasteiger partial charge on any atom is -0.399 e. The smallest absolute Gasteiger partial charge is 0.250 e. The number of nitrogens with two attached hydrogens (primary N) is 2. The predicted octanol–water partition coefficient (Wildman–Crippen LogP) is 1.26. The Balaban J connectivity index is 2.15. The lowest BCUT2D eigenvalue weighted by Crippen LogP contribution is -2.54. The lowest BCUT2D eigenvalue weighted by atomic mass is 9.75. The van der Waals surface area contributed by atoms with Gasteiger partial charge in [0.05, 0.1) is 5.56 Å². The molecule has 0 unspecified atom stereocenters. The molecule has 1 fully saturated rings. The summed E-state index contributed by atoms with van der Waals surface area (Å²) in [6, 6.07) is 5.13. The van der Waals surface area contributed by atoms with Gasteiger partial charge in [0.2, 0.25) is 0 Å². The van der Waals surface area contributed by atoms with Crippen LogP contribution in [0.2, 0.25) is 0 Å². The fourth-order valence-corrected chi connectivity index (χ4v) is 2.55. The van der Waals surface area contributed by atoms with Gasteiger partial charge >= 0.3 is 0 Å². The summed E-state index contributed by atoms with van der Waals surface area (Å²) in [6.07, 6.45) is 3.59. The fraction of sp³-hybridized carbons (Fsp3) is 0.500. The van der Waals surface area contributed by atoms with Crippen LogP contribution in [0.4, 0.5) is 11.4 Å². The van der Waals surface area contributed by atoms with Crippen LogP contribution < -0.4 is 16.8 Å². The zero-order chi connectivity index (χ0) is 14.0. The van der Waals surface area contributed by atoms with E-state index in [-0.39, 0.29) is 5.54 Å². The molecule has 104 valence electrons. The van der Waals surface area contributed by atoms with E-state index in [9.17, 15) is 4.79 Å². The third-order valence-electron chi connectivity index (χ3n) is 4.15. The molecule has 0 radical (unpaired) electrons. The van der Waals surface area contributed by atoms with Crippen LogP contribution in [-0.4, -0.2) is 37.0 Å². The summed E-state index contributed by atoms with van der Waals surface area (Å²) in [5, 5.41) is 3.34. The van der Waals surface area contributed by atoms with Crippen molar-refractivity contribution in [2.75, 3.05) is 31.7 Å². The van der Waals surface area contributed by atoms with Gasteiger partial charge in [0.25, 0.3) is 5.91 Å². The van der Waals surface area contributed by atoms with Gasteiger partial charge in [-0.25, -0.2) is 0 Å². The first-order chi connectivity index (χ1) is 8.94. The summed E-state index contributed by atoms with van der Waals surface area (Å²) in [5.41, 5.74) is 13.2. The number of nitrogen functional groups attached to an aromatic ring is 1. The molecule has 0 heterocycles. The van der Waals surface area contributed by atoms with Crippen molar-refractivity contribution in [3.63, 3.8) is 0 Å². The zero-order valence-corrected chi connectivity index (χ0v) is 11.6. The second-order valence-electron chi connectivity index (χ2n) is 5.50. The Bertz CT molecular complexity index is 480. The molecule has 2 rings (SSSR count). The van der Waals surface area contributed by atoms with E-state index in [1.165, 1.54) is 19.3 Å². The maximum Gasteiger partial charge on any atom is 0.250 e. The summed E-state index contributed by atoms with van der Waals surface area (Å²) >= 11 is 0. The number of likely N-dealkylation sites (N-methyl/N-ethyl adjacent to an activating group) is 1. The molecule has 0 atom stereocenters. The number of carbonyl (C=O) groups is 1. The van der Waals surface area contributed by atoms with Crippen molar-refractivity contribution in [2.24, 2.45) is 5.73 Å². The predicted molar refractivity (Wildman–Crippen MR) is 78.1 cm³/mol. The largest absolute Gasteiger partial charge is 0.399 e. The van der Waals surface area contributed by atoms with Gasteiger partial charge in [-0.1, -0.05) is 0 Å². The van der Waals surface area contributed by atoms with Gasteiger partial charge in [0, 0.05) is 23.5 Å². The number of anilines is 2. The zero-order valence-electron chi connectivity index (χ0n) is 11.6. The molecule has 1 aromatic rings. The van der Waals surface area contributed by atoms with E-state index in [0.717, 1.165) is 12.2 Å². The Morgan fingerprint density at radius 3 is 2.58 bits per heavy atom. The van der Waals surface area contributed by atoms with Gasteiger partial charge in [0.15, 0.2) is 0 Å². The number of nitrogens with zero attached hydrogens (tertiary/aromatic N) is 1. The first-order valence-electron chi connectivity index (χ1n) is 6.55. The fourth-order valence-electron chi connectivity index (χ4n) is 2.55. The summed E-state index contributed by atoms with van der Waals surface area (Å²) in [6.45, 7) is 0.795. The minimum atomic E-state index is -0.435. The van der Waals surface area contributed by atoms with E-state index in [1.807, 2.05) is 0 Å². The molecular weight excluding hydrogens is 240 g/mol. The number of hydrogen-bond acceptors (Lipinski definition) is 4. The van der Waals surface area contributed by atoms with Gasteiger partial charge in [-0.3, -0.25) is 4.79 Å². The summed E-state index contributed by atoms with van der Waals surface area (Å²) in [4.78, 5) is 13.7. The number of amides is 1. The molecule has 0 bridgehead atoms. The molecule has 1 amide bonds. The van der Waals surface area contributed by atoms with Crippen molar-refractivity contribution in [3.8, 4) is 0 Å². The van der Waals surface area contributed by atoms with E-state index in [0.29, 0.717) is 11.3 Å². The van der Waals surface area contributed by atoms with Gasteiger partial charge in [-0.2, -0.15) is 0 Å². The number of primary amides is 1. The highest BCUT2D eigenvalue weighted by Crippen LogP contribution is 2.36. The number of carbonyl (C=O) groups excluding carboxylic acids is 1. The van der Waals surface area contributed by atoms with Gasteiger partial charge < -0.3 is 21.7 Å². The molecule has 0 saturated heterocycles. The van der Waals surface area contributed by atoms with Crippen molar-refractivity contribution < 1.29 is 4.79 Å². The molecular formula is C14H22N4O. The van der Waals surface area contributed by atoms with E-state index in [1.54, 1.807) is 18.2 Å². The summed E-state index contributed by atoms with van der Waals surface area (Å²) < 4.78 is 0. The van der Waals surface area contributed by atoms with E-state index in [2.05, 4.69) is 24.3 Å². The van der Waals surface area contributed by atoms with Crippen LogP contribution in [0.25, 0.3) is 0 Å². The lowest BCUT2D eigenvalue weighted by Gasteiger charge is -2.47. The Kier molecular flexibility index (Phi) is 3.66. The first kappa shape index (κ1) is 13.7. The van der Waals surface area contributed by atoms with Crippen LogP contribution in [0, 0.1) is 0 Å². The highest BCUT2D eigenvalue weighted by Gasteiger charge is 2.38. The molecule has 1 aliphatic carbocycles. The third kappa shape index (κ3) is 2.66. The molecule has 5 N–H and O–H groups in total. The highest BCUT2D eigenvalue weighted by atomic mass is 16.1. The Morgan fingerprint density at radius 2 is 2.11 bits per heavy atom. The van der Waals surface area contributed by atoms with Crippen molar-refractivity contribution in [3.05, 3.63) is 23.8 Å². The third-order valence-corrected chi connectivity index (χ3v) is 4.15. The summed E-state index contributed by atoms with van der Waals surface area (Å²) in [7, 11) is 4.18. The first-order valence-corrected chi connectivity index (χ1v) is 6.55. The normalized spacial score (nSPS) is 17.0. The summed E-state index contributed by atoms with van der Waals surface area (Å²) in [5.74, 6) is -0.435. The topological polar surface area (TPSA) is 84.4 Å². The van der Waals surface area contributed by atoms with E-state index in [4.69, 9.17) is 11.5 Å². The lowest BCUT2D eigenvalue weighted by molar-refractivity contribution is 0.0738. The number of benzene rings is 1. The van der Waals surface area contributed by atoms with Crippen LogP contribution in [-0.2, 0) is 0 Å². The standard InChI is InChI=1S/C14H22N4O/c1-18(2)14(6-3-7-14)9-17-12-8-10(15)4-5-11(12)13(16)19/h4-5,8,17H,3,6-7,9,15H2,1-2H3,(H2,16,19).